The molecule has 4 rings (SSSR count). The van der Waals surface area contributed by atoms with Crippen LogP contribution in [0.1, 0.15) is 68.4 Å². The standard InChI is InChI=1S/C27H33F2NO4/c1-27(29,26(31)33-3)25(19-8-9-19)20-12-13-30-24(14-20)34-16-17-4-6-18(7-5-17)22-15-21(32-2)10-11-23(22)28/h10-15,17-19,25H,4-9,16H2,1-3H3/t17?,18?,25-,27?/m0/s1. The van der Waals surface area contributed by atoms with Gasteiger partial charge in [0.1, 0.15) is 11.6 Å². The van der Waals surface area contributed by atoms with Gasteiger partial charge >= 0.3 is 5.97 Å². The van der Waals surface area contributed by atoms with E-state index in [4.69, 9.17) is 14.2 Å². The van der Waals surface area contributed by atoms with Crippen molar-refractivity contribution < 1.29 is 27.8 Å². The van der Waals surface area contributed by atoms with Crippen molar-refractivity contribution in [3.05, 3.63) is 53.5 Å². The molecule has 0 aliphatic heterocycles. The molecule has 0 bridgehead atoms. The molecular weight excluding hydrogens is 440 g/mol. The number of carbonyl (C=O) groups is 1. The third-order valence-electron chi connectivity index (χ3n) is 7.34. The zero-order valence-electron chi connectivity index (χ0n) is 20.1. The SMILES string of the molecule is COC(=O)C(C)(F)[C@H](c1ccnc(OCC2CCC(c3cc(OC)ccc3F)CC2)c1)C1CC1. The van der Waals surface area contributed by atoms with Crippen LogP contribution >= 0.6 is 0 Å². The highest BCUT2D eigenvalue weighted by atomic mass is 19.1. The van der Waals surface area contributed by atoms with Gasteiger partial charge in [-0.05, 0) is 98.6 Å². The van der Waals surface area contributed by atoms with Gasteiger partial charge in [0.15, 0.2) is 0 Å². The molecule has 0 saturated heterocycles. The Kier molecular flexibility index (Phi) is 7.39. The first kappa shape index (κ1) is 24.4. The minimum atomic E-state index is -2.11. The molecule has 34 heavy (non-hydrogen) atoms. The Morgan fingerprint density at radius 1 is 1.12 bits per heavy atom. The Bertz CT molecular complexity index is 1000. The first-order valence-electron chi connectivity index (χ1n) is 12.0. The molecule has 1 unspecified atom stereocenters. The van der Waals surface area contributed by atoms with Crippen LogP contribution in [0, 0.1) is 17.7 Å². The lowest BCUT2D eigenvalue weighted by molar-refractivity contribution is -0.155. The third-order valence-corrected chi connectivity index (χ3v) is 7.34. The molecule has 0 spiro atoms. The Morgan fingerprint density at radius 3 is 2.50 bits per heavy atom. The fourth-order valence-electron chi connectivity index (χ4n) is 5.29. The van der Waals surface area contributed by atoms with Crippen molar-refractivity contribution in [2.24, 2.45) is 11.8 Å². The molecule has 1 aromatic carbocycles. The molecule has 2 atom stereocenters. The fraction of sp³-hybridized carbons (Fsp3) is 0.556. The van der Waals surface area contributed by atoms with Gasteiger partial charge in [-0.1, -0.05) is 0 Å². The molecule has 0 amide bonds. The zero-order valence-corrected chi connectivity index (χ0v) is 20.1. The lowest BCUT2D eigenvalue weighted by Gasteiger charge is -2.30. The Labute approximate surface area is 199 Å². The highest BCUT2D eigenvalue weighted by Crippen LogP contribution is 2.50. The Morgan fingerprint density at radius 2 is 1.85 bits per heavy atom. The van der Waals surface area contributed by atoms with Crippen molar-refractivity contribution >= 4 is 5.97 Å². The number of alkyl halides is 1. The average Bonchev–Trinajstić information content (AvgIpc) is 3.68. The van der Waals surface area contributed by atoms with Gasteiger partial charge in [0, 0.05) is 18.2 Å². The number of esters is 1. The number of aromatic nitrogens is 1. The summed E-state index contributed by atoms with van der Waals surface area (Å²) in [4.78, 5) is 16.4. The van der Waals surface area contributed by atoms with E-state index in [0.29, 0.717) is 29.7 Å². The molecule has 2 fully saturated rings. The zero-order chi connectivity index (χ0) is 24.3. The molecule has 2 aliphatic rings. The minimum Gasteiger partial charge on any atom is -0.497 e. The van der Waals surface area contributed by atoms with E-state index in [2.05, 4.69) is 4.98 Å². The average molecular weight is 474 g/mol. The third kappa shape index (κ3) is 5.34. The summed E-state index contributed by atoms with van der Waals surface area (Å²) < 4.78 is 45.7. The van der Waals surface area contributed by atoms with Gasteiger partial charge < -0.3 is 14.2 Å². The first-order valence-corrected chi connectivity index (χ1v) is 12.0. The summed E-state index contributed by atoms with van der Waals surface area (Å²) in [5.74, 6) is 0.115. The molecule has 2 saturated carbocycles. The summed E-state index contributed by atoms with van der Waals surface area (Å²) in [7, 11) is 2.80. The van der Waals surface area contributed by atoms with Crippen LogP contribution in [0.25, 0.3) is 0 Å². The Balaban J connectivity index is 1.36. The fourth-order valence-corrected chi connectivity index (χ4v) is 5.29. The smallest absolute Gasteiger partial charge is 0.343 e. The van der Waals surface area contributed by atoms with E-state index in [1.54, 1.807) is 37.6 Å². The minimum absolute atomic E-state index is 0.108. The van der Waals surface area contributed by atoms with Crippen LogP contribution in [0.2, 0.25) is 0 Å². The van der Waals surface area contributed by atoms with E-state index in [9.17, 15) is 9.18 Å². The highest BCUT2D eigenvalue weighted by molar-refractivity contribution is 5.80. The van der Waals surface area contributed by atoms with Gasteiger partial charge in [-0.2, -0.15) is 0 Å². The predicted octanol–water partition coefficient (Wildman–Crippen LogP) is 5.98. The molecule has 0 N–H and O–H groups in total. The normalized spacial score (nSPS) is 23.0. The summed E-state index contributed by atoms with van der Waals surface area (Å²) in [6, 6.07) is 8.42. The van der Waals surface area contributed by atoms with Crippen LogP contribution in [0.3, 0.4) is 0 Å². The molecule has 184 valence electrons. The van der Waals surface area contributed by atoms with Crippen molar-refractivity contribution in [2.45, 2.75) is 63.0 Å². The summed E-state index contributed by atoms with van der Waals surface area (Å²) in [5, 5.41) is 0. The molecule has 7 heteroatoms. The molecule has 0 radical (unpaired) electrons. The molecule has 1 aromatic heterocycles. The van der Waals surface area contributed by atoms with Crippen molar-refractivity contribution in [3.63, 3.8) is 0 Å². The number of pyridine rings is 1. The van der Waals surface area contributed by atoms with Gasteiger partial charge in [-0.25, -0.2) is 18.6 Å². The number of carbonyl (C=O) groups excluding carboxylic acids is 1. The maximum Gasteiger partial charge on any atom is 0.343 e. The van der Waals surface area contributed by atoms with Crippen LogP contribution in [0.4, 0.5) is 8.78 Å². The van der Waals surface area contributed by atoms with E-state index in [-0.39, 0.29) is 17.7 Å². The first-order chi connectivity index (χ1) is 16.3. The van der Waals surface area contributed by atoms with Crippen LogP contribution in [-0.2, 0) is 9.53 Å². The molecule has 5 nitrogen and oxygen atoms in total. The summed E-state index contributed by atoms with van der Waals surface area (Å²) in [6.45, 7) is 1.80. The second-order valence-electron chi connectivity index (χ2n) is 9.73. The van der Waals surface area contributed by atoms with Gasteiger partial charge in [-0.3, -0.25) is 0 Å². The van der Waals surface area contributed by atoms with Gasteiger partial charge in [0.2, 0.25) is 11.5 Å². The largest absolute Gasteiger partial charge is 0.497 e. The Hall–Kier alpha value is -2.70. The van der Waals surface area contributed by atoms with Crippen LogP contribution in [-0.4, -0.2) is 37.4 Å². The predicted molar refractivity (Wildman–Crippen MR) is 124 cm³/mol. The van der Waals surface area contributed by atoms with Crippen LogP contribution in [0.5, 0.6) is 11.6 Å². The second kappa shape index (κ2) is 10.3. The van der Waals surface area contributed by atoms with E-state index < -0.39 is 17.6 Å². The quantitative estimate of drug-likeness (QED) is 0.420. The van der Waals surface area contributed by atoms with Gasteiger partial charge in [-0.15, -0.1) is 0 Å². The van der Waals surface area contributed by atoms with Crippen LogP contribution in [0.15, 0.2) is 36.5 Å². The number of ether oxygens (including phenoxy) is 3. The van der Waals surface area contributed by atoms with Crippen molar-refractivity contribution in [3.8, 4) is 11.6 Å². The molecule has 2 aromatic rings. The number of hydrogen-bond donors (Lipinski definition) is 0. The van der Waals surface area contributed by atoms with Crippen molar-refractivity contribution in [1.82, 2.24) is 4.98 Å². The van der Waals surface area contributed by atoms with E-state index in [0.717, 1.165) is 44.1 Å². The van der Waals surface area contributed by atoms with E-state index >= 15 is 4.39 Å². The summed E-state index contributed by atoms with van der Waals surface area (Å²) in [6.07, 6.45) is 7.00. The molecular formula is C27H33F2NO4. The van der Waals surface area contributed by atoms with Gasteiger partial charge in [0.25, 0.3) is 0 Å². The maximum atomic E-state index is 15.4. The van der Waals surface area contributed by atoms with Crippen molar-refractivity contribution in [1.29, 1.82) is 0 Å². The molecule has 1 heterocycles. The summed E-state index contributed by atoms with van der Waals surface area (Å²) in [5.41, 5.74) is -0.679. The summed E-state index contributed by atoms with van der Waals surface area (Å²) >= 11 is 0. The lowest BCUT2D eigenvalue weighted by atomic mass is 9.79. The topological polar surface area (TPSA) is 57.7 Å². The lowest BCUT2D eigenvalue weighted by Crippen LogP contribution is -2.39. The second-order valence-corrected chi connectivity index (χ2v) is 9.73. The van der Waals surface area contributed by atoms with Crippen molar-refractivity contribution in [2.75, 3.05) is 20.8 Å². The molecule has 2 aliphatic carbocycles. The number of halogens is 2. The number of methoxy groups -OCH3 is 2. The van der Waals surface area contributed by atoms with E-state index in [1.165, 1.54) is 20.1 Å². The number of hydrogen-bond acceptors (Lipinski definition) is 5. The number of rotatable bonds is 9. The highest BCUT2D eigenvalue weighted by Gasteiger charge is 2.51. The number of benzene rings is 1. The maximum absolute atomic E-state index is 15.4. The van der Waals surface area contributed by atoms with E-state index in [1.807, 2.05) is 0 Å². The monoisotopic (exact) mass is 473 g/mol. The van der Waals surface area contributed by atoms with Gasteiger partial charge in [0.05, 0.1) is 20.8 Å². The number of nitrogens with zero attached hydrogens (tertiary/aromatic N) is 1. The van der Waals surface area contributed by atoms with Crippen LogP contribution < -0.4 is 9.47 Å².